The van der Waals surface area contributed by atoms with Crippen molar-refractivity contribution < 1.29 is 4.79 Å². The Balaban J connectivity index is 1.25. The number of aromatic amines is 1. The number of fused-ring (bicyclic) bond motifs is 1. The molecule has 0 saturated carbocycles. The van der Waals surface area contributed by atoms with E-state index in [0.29, 0.717) is 12.3 Å². The van der Waals surface area contributed by atoms with Crippen LogP contribution in [0.5, 0.6) is 0 Å². The van der Waals surface area contributed by atoms with Crippen molar-refractivity contribution in [2.75, 3.05) is 26.7 Å². The lowest BCUT2D eigenvalue weighted by atomic mass is 10.1. The van der Waals surface area contributed by atoms with Gasteiger partial charge in [0.25, 0.3) is 0 Å². The van der Waals surface area contributed by atoms with Crippen LogP contribution in [0.1, 0.15) is 29.0 Å². The molecule has 5 nitrogen and oxygen atoms in total. The van der Waals surface area contributed by atoms with E-state index < -0.39 is 0 Å². The molecule has 0 aliphatic carbocycles. The topological polar surface area (TPSA) is 52.2 Å². The number of para-hydroxylation sites is 1. The zero-order chi connectivity index (χ0) is 19.5. The van der Waals surface area contributed by atoms with Crippen molar-refractivity contribution in [2.24, 2.45) is 5.92 Å². The lowest BCUT2D eigenvalue weighted by Gasteiger charge is -2.21. The van der Waals surface area contributed by atoms with Crippen LogP contribution in [-0.2, 0) is 17.8 Å². The Kier molecular flexibility index (Phi) is 5.78. The van der Waals surface area contributed by atoms with Crippen molar-refractivity contribution in [1.82, 2.24) is 19.8 Å². The molecule has 1 unspecified atom stereocenters. The number of rotatable bonds is 7. The van der Waals surface area contributed by atoms with Gasteiger partial charge in [0, 0.05) is 54.6 Å². The Labute approximate surface area is 170 Å². The SMILES string of the molecule is Cc1ncsc1CN(C)CC1CCN(C(=O)CCc2c[nH]c3ccccc23)C1. The first-order chi connectivity index (χ1) is 13.6. The number of amides is 1. The van der Waals surface area contributed by atoms with Crippen LogP contribution in [0.4, 0.5) is 0 Å². The molecule has 6 heteroatoms. The number of nitrogens with one attached hydrogen (secondary N) is 1. The Morgan fingerprint density at radius 3 is 3.07 bits per heavy atom. The minimum absolute atomic E-state index is 0.286. The second kappa shape index (κ2) is 8.45. The van der Waals surface area contributed by atoms with E-state index in [1.165, 1.54) is 15.8 Å². The van der Waals surface area contributed by atoms with Gasteiger partial charge in [0.15, 0.2) is 0 Å². The Morgan fingerprint density at radius 2 is 2.25 bits per heavy atom. The maximum absolute atomic E-state index is 12.7. The summed E-state index contributed by atoms with van der Waals surface area (Å²) in [6.07, 6.45) is 4.53. The van der Waals surface area contributed by atoms with E-state index in [1.54, 1.807) is 11.3 Å². The van der Waals surface area contributed by atoms with Crippen LogP contribution in [-0.4, -0.2) is 52.4 Å². The van der Waals surface area contributed by atoms with E-state index in [-0.39, 0.29) is 5.91 Å². The first-order valence-corrected chi connectivity index (χ1v) is 10.9. The van der Waals surface area contributed by atoms with Gasteiger partial charge in [0.2, 0.25) is 5.91 Å². The normalized spacial score (nSPS) is 17.1. The number of thiazole rings is 1. The summed E-state index contributed by atoms with van der Waals surface area (Å²) in [6, 6.07) is 8.29. The third kappa shape index (κ3) is 4.28. The second-order valence-corrected chi connectivity index (χ2v) is 8.85. The van der Waals surface area contributed by atoms with Gasteiger partial charge in [0.1, 0.15) is 0 Å². The molecule has 28 heavy (non-hydrogen) atoms. The van der Waals surface area contributed by atoms with Crippen molar-refractivity contribution in [3.63, 3.8) is 0 Å². The standard InChI is InChI=1S/C22H28N4OS/c1-16-21(28-15-24-16)14-25(2)12-17-9-10-26(13-17)22(27)8-7-18-11-23-20-6-4-3-5-19(18)20/h3-6,11,15,17,23H,7-10,12-14H2,1-2H3. The highest BCUT2D eigenvalue weighted by molar-refractivity contribution is 7.09. The molecule has 1 N–H and O–H groups in total. The van der Waals surface area contributed by atoms with Crippen LogP contribution in [0.15, 0.2) is 36.0 Å². The summed E-state index contributed by atoms with van der Waals surface area (Å²) in [4.78, 5) is 26.1. The van der Waals surface area contributed by atoms with Gasteiger partial charge in [-0.05, 0) is 44.4 Å². The van der Waals surface area contributed by atoms with Gasteiger partial charge in [-0.2, -0.15) is 0 Å². The first-order valence-electron chi connectivity index (χ1n) is 10.0. The van der Waals surface area contributed by atoms with Crippen molar-refractivity contribution in [3.8, 4) is 0 Å². The zero-order valence-electron chi connectivity index (χ0n) is 16.6. The monoisotopic (exact) mass is 396 g/mol. The number of aromatic nitrogens is 2. The van der Waals surface area contributed by atoms with Crippen molar-refractivity contribution in [2.45, 2.75) is 32.7 Å². The summed E-state index contributed by atoms with van der Waals surface area (Å²) in [5.74, 6) is 0.851. The molecule has 1 aromatic carbocycles. The van der Waals surface area contributed by atoms with Gasteiger partial charge in [-0.1, -0.05) is 18.2 Å². The minimum Gasteiger partial charge on any atom is -0.361 e. The number of benzene rings is 1. The Morgan fingerprint density at radius 1 is 1.39 bits per heavy atom. The molecule has 1 fully saturated rings. The molecule has 1 aliphatic heterocycles. The summed E-state index contributed by atoms with van der Waals surface area (Å²) in [7, 11) is 2.17. The summed E-state index contributed by atoms with van der Waals surface area (Å²) in [5.41, 5.74) is 5.43. The lowest BCUT2D eigenvalue weighted by molar-refractivity contribution is -0.130. The molecule has 0 spiro atoms. The number of aryl methyl sites for hydroxylation is 2. The second-order valence-electron chi connectivity index (χ2n) is 7.91. The van der Waals surface area contributed by atoms with Crippen LogP contribution >= 0.6 is 11.3 Å². The van der Waals surface area contributed by atoms with E-state index >= 15 is 0 Å². The van der Waals surface area contributed by atoms with Gasteiger partial charge in [0.05, 0.1) is 11.2 Å². The van der Waals surface area contributed by atoms with Crippen LogP contribution in [0, 0.1) is 12.8 Å². The molecular weight excluding hydrogens is 368 g/mol. The van der Waals surface area contributed by atoms with E-state index in [1.807, 2.05) is 17.8 Å². The molecule has 0 radical (unpaired) electrons. The van der Waals surface area contributed by atoms with Crippen LogP contribution in [0.3, 0.4) is 0 Å². The number of carbonyl (C=O) groups is 1. The van der Waals surface area contributed by atoms with Gasteiger partial charge in [-0.3, -0.25) is 4.79 Å². The number of hydrogen-bond acceptors (Lipinski definition) is 4. The number of H-pyrrole nitrogens is 1. The van der Waals surface area contributed by atoms with Gasteiger partial charge < -0.3 is 14.8 Å². The Hall–Kier alpha value is -2.18. The smallest absolute Gasteiger partial charge is 0.222 e. The van der Waals surface area contributed by atoms with Crippen LogP contribution in [0.2, 0.25) is 0 Å². The van der Waals surface area contributed by atoms with Gasteiger partial charge >= 0.3 is 0 Å². The molecule has 1 amide bonds. The Bertz CT molecular complexity index is 947. The maximum atomic E-state index is 12.7. The van der Waals surface area contributed by atoms with Crippen LogP contribution < -0.4 is 0 Å². The largest absolute Gasteiger partial charge is 0.361 e. The molecule has 3 aromatic rings. The molecule has 1 saturated heterocycles. The number of carbonyl (C=O) groups excluding carboxylic acids is 1. The third-order valence-corrected chi connectivity index (χ3v) is 6.67. The summed E-state index contributed by atoms with van der Waals surface area (Å²) in [5, 5.41) is 1.23. The summed E-state index contributed by atoms with van der Waals surface area (Å²) < 4.78 is 0. The summed E-state index contributed by atoms with van der Waals surface area (Å²) in [6.45, 7) is 5.83. The summed E-state index contributed by atoms with van der Waals surface area (Å²) >= 11 is 1.73. The highest BCUT2D eigenvalue weighted by Gasteiger charge is 2.27. The predicted octanol–water partition coefficient (Wildman–Crippen LogP) is 3.85. The fourth-order valence-corrected chi connectivity index (χ4v) is 5.03. The average Bonchev–Trinajstić information content (AvgIpc) is 3.41. The fraction of sp³-hybridized carbons (Fsp3) is 0.455. The first kappa shape index (κ1) is 19.2. The van der Waals surface area contributed by atoms with Crippen LogP contribution in [0.25, 0.3) is 10.9 Å². The highest BCUT2D eigenvalue weighted by Crippen LogP contribution is 2.22. The molecule has 148 valence electrons. The van der Waals surface area contributed by atoms with Crippen molar-refractivity contribution in [3.05, 3.63) is 52.1 Å². The van der Waals surface area contributed by atoms with E-state index in [9.17, 15) is 4.79 Å². The van der Waals surface area contributed by atoms with E-state index in [0.717, 1.165) is 50.2 Å². The molecule has 1 aliphatic rings. The number of nitrogens with zero attached hydrogens (tertiary/aromatic N) is 3. The highest BCUT2D eigenvalue weighted by atomic mass is 32.1. The predicted molar refractivity (Wildman–Crippen MR) is 114 cm³/mol. The van der Waals surface area contributed by atoms with Crippen molar-refractivity contribution in [1.29, 1.82) is 0 Å². The van der Waals surface area contributed by atoms with Crippen molar-refractivity contribution >= 4 is 28.1 Å². The zero-order valence-corrected chi connectivity index (χ0v) is 17.5. The number of likely N-dealkylation sites (tertiary alicyclic amines) is 1. The molecule has 3 heterocycles. The van der Waals surface area contributed by atoms with E-state index in [4.69, 9.17) is 0 Å². The lowest BCUT2D eigenvalue weighted by Crippen LogP contribution is -2.31. The van der Waals surface area contributed by atoms with Gasteiger partial charge in [-0.15, -0.1) is 11.3 Å². The maximum Gasteiger partial charge on any atom is 0.222 e. The molecule has 0 bridgehead atoms. The fourth-order valence-electron chi connectivity index (χ4n) is 4.17. The van der Waals surface area contributed by atoms with E-state index in [2.05, 4.69) is 51.9 Å². The molecule has 2 aromatic heterocycles. The molecular formula is C22H28N4OS. The van der Waals surface area contributed by atoms with Gasteiger partial charge in [-0.25, -0.2) is 4.98 Å². The minimum atomic E-state index is 0.286. The molecule has 1 atom stereocenters. The number of hydrogen-bond donors (Lipinski definition) is 1. The third-order valence-electron chi connectivity index (χ3n) is 5.75. The average molecular weight is 397 g/mol. The molecule has 4 rings (SSSR count). The quantitative estimate of drug-likeness (QED) is 0.660.